The fourth-order valence-electron chi connectivity index (χ4n) is 2.69. The van der Waals surface area contributed by atoms with E-state index < -0.39 is 17.7 Å². The predicted molar refractivity (Wildman–Crippen MR) is 105 cm³/mol. The zero-order valence-electron chi connectivity index (χ0n) is 15.0. The van der Waals surface area contributed by atoms with Crippen LogP contribution in [0.5, 0.6) is 0 Å². The van der Waals surface area contributed by atoms with Crippen LogP contribution in [-0.2, 0) is 11.0 Å². The summed E-state index contributed by atoms with van der Waals surface area (Å²) in [5, 5.41) is 9.64. The van der Waals surface area contributed by atoms with Crippen molar-refractivity contribution in [1.82, 2.24) is 4.98 Å². The van der Waals surface area contributed by atoms with Crippen molar-refractivity contribution in [3.05, 3.63) is 76.9 Å². The Morgan fingerprint density at radius 3 is 2.57 bits per heavy atom. The summed E-state index contributed by atoms with van der Waals surface area (Å²) >= 11 is 0.803. The Hall–Kier alpha value is -3.46. The maximum Gasteiger partial charge on any atom is 0.416 e. The highest BCUT2D eigenvalue weighted by Gasteiger charge is 2.30. The second kappa shape index (κ2) is 7.75. The van der Waals surface area contributed by atoms with Crippen LogP contribution in [0.3, 0.4) is 0 Å². The Labute approximate surface area is 171 Å². The molecule has 4 aromatic rings. The minimum absolute atomic E-state index is 0.119. The first-order valence-electron chi connectivity index (χ1n) is 8.55. The van der Waals surface area contributed by atoms with Crippen LogP contribution in [-0.4, -0.2) is 16.1 Å². The van der Waals surface area contributed by atoms with E-state index in [-0.39, 0.29) is 27.2 Å². The van der Waals surface area contributed by atoms with Crippen molar-refractivity contribution in [2.75, 3.05) is 0 Å². The Morgan fingerprint density at radius 2 is 1.83 bits per heavy atom. The summed E-state index contributed by atoms with van der Waals surface area (Å²) in [5.41, 5.74) is 0.545. The van der Waals surface area contributed by atoms with E-state index in [0.29, 0.717) is 11.1 Å². The van der Waals surface area contributed by atoms with Gasteiger partial charge in [-0.1, -0.05) is 24.3 Å². The molecule has 2 aromatic carbocycles. The van der Waals surface area contributed by atoms with Gasteiger partial charge in [-0.25, -0.2) is 9.78 Å². The zero-order chi connectivity index (χ0) is 21.3. The van der Waals surface area contributed by atoms with Crippen LogP contribution in [0.4, 0.5) is 13.2 Å². The van der Waals surface area contributed by atoms with Gasteiger partial charge in [0.1, 0.15) is 21.9 Å². The fraction of sp³-hybridized carbons (Fsp3) is 0.0476. The molecule has 0 aliphatic rings. The lowest BCUT2D eigenvalue weighted by atomic mass is 10.1. The van der Waals surface area contributed by atoms with Crippen LogP contribution in [0.25, 0.3) is 28.5 Å². The average Bonchev–Trinajstić information content (AvgIpc) is 3.33. The molecule has 0 aliphatic heterocycles. The van der Waals surface area contributed by atoms with E-state index in [0.717, 1.165) is 23.9 Å². The lowest BCUT2D eigenvalue weighted by Crippen LogP contribution is -2.04. The minimum atomic E-state index is -4.47. The number of carboxylic acids is 1. The quantitative estimate of drug-likeness (QED) is 0.294. The van der Waals surface area contributed by atoms with Gasteiger partial charge in [0.05, 0.1) is 5.56 Å². The number of carboxylic acid groups (broad SMARTS) is 1. The van der Waals surface area contributed by atoms with Crippen LogP contribution >= 0.6 is 11.8 Å². The number of nitrogens with zero attached hydrogens (tertiary/aromatic N) is 1. The van der Waals surface area contributed by atoms with E-state index in [1.54, 1.807) is 24.3 Å². The number of furan rings is 1. The second-order valence-corrected chi connectivity index (χ2v) is 7.14. The minimum Gasteiger partial charge on any atom is -0.477 e. The first-order chi connectivity index (χ1) is 14.3. The van der Waals surface area contributed by atoms with Crippen LogP contribution in [0.2, 0.25) is 0 Å². The third-order valence-corrected chi connectivity index (χ3v) is 4.92. The molecule has 2 heterocycles. The van der Waals surface area contributed by atoms with Gasteiger partial charge >= 0.3 is 12.1 Å². The topological polar surface area (TPSA) is 76.5 Å². The van der Waals surface area contributed by atoms with E-state index in [1.165, 1.54) is 30.3 Å². The Kier molecular flexibility index (Phi) is 5.13. The number of rotatable bonds is 5. The highest BCUT2D eigenvalue weighted by molar-refractivity contribution is 8.03. The summed E-state index contributed by atoms with van der Waals surface area (Å²) in [6.07, 6.45) is -3.21. The number of fused-ring (bicyclic) bond motifs is 1. The molecule has 5 nitrogen and oxygen atoms in total. The van der Waals surface area contributed by atoms with Crippen molar-refractivity contribution in [3.63, 3.8) is 0 Å². The van der Waals surface area contributed by atoms with Gasteiger partial charge in [-0.05, 0) is 48.2 Å². The molecule has 4 rings (SSSR count). The third-order valence-electron chi connectivity index (χ3n) is 4.06. The maximum absolute atomic E-state index is 12.9. The second-order valence-electron chi connectivity index (χ2n) is 6.14. The standard InChI is InChI=1S/C21H12F3NO4S/c22-21(23,24)13-5-3-4-12(10-13)16-9-8-14(28-16)11-18(19(26)27)30-20-25-15-6-1-2-7-17(15)29-20/h1-11H,(H,26,27)/b18-11-. The molecule has 0 spiro atoms. The molecule has 0 bridgehead atoms. The van der Waals surface area contributed by atoms with E-state index in [1.807, 2.05) is 0 Å². The van der Waals surface area contributed by atoms with Crippen LogP contribution in [0.1, 0.15) is 11.3 Å². The third kappa shape index (κ3) is 4.25. The summed E-state index contributed by atoms with van der Waals surface area (Å²) in [4.78, 5) is 15.7. The predicted octanol–water partition coefficient (Wildman–Crippen LogP) is 6.32. The van der Waals surface area contributed by atoms with Gasteiger partial charge in [0.2, 0.25) is 0 Å². The van der Waals surface area contributed by atoms with Gasteiger partial charge in [-0.15, -0.1) is 0 Å². The summed E-state index contributed by atoms with van der Waals surface area (Å²) < 4.78 is 49.8. The Bertz CT molecular complexity index is 1220. The van der Waals surface area contributed by atoms with Crippen molar-refractivity contribution >= 4 is 34.9 Å². The molecule has 0 fully saturated rings. The van der Waals surface area contributed by atoms with Crippen LogP contribution < -0.4 is 0 Å². The first-order valence-corrected chi connectivity index (χ1v) is 9.37. The average molecular weight is 431 g/mol. The van der Waals surface area contributed by atoms with Gasteiger partial charge in [0.25, 0.3) is 5.22 Å². The number of benzene rings is 2. The van der Waals surface area contributed by atoms with Crippen molar-refractivity contribution in [3.8, 4) is 11.3 Å². The number of carbonyl (C=O) groups is 1. The molecule has 30 heavy (non-hydrogen) atoms. The molecule has 0 unspecified atom stereocenters. The van der Waals surface area contributed by atoms with E-state index in [9.17, 15) is 23.1 Å². The largest absolute Gasteiger partial charge is 0.477 e. The van der Waals surface area contributed by atoms with E-state index >= 15 is 0 Å². The van der Waals surface area contributed by atoms with Gasteiger partial charge in [0, 0.05) is 11.6 Å². The first kappa shape index (κ1) is 19.8. The molecule has 0 saturated carbocycles. The molecule has 9 heteroatoms. The number of aliphatic carboxylic acids is 1. The number of halogens is 3. The molecular formula is C21H12F3NO4S. The summed E-state index contributed by atoms with van der Waals surface area (Å²) in [6, 6.07) is 14.7. The van der Waals surface area contributed by atoms with Crippen molar-refractivity contribution in [1.29, 1.82) is 0 Å². The Balaban J connectivity index is 1.61. The number of hydrogen-bond donors (Lipinski definition) is 1. The van der Waals surface area contributed by atoms with Crippen molar-refractivity contribution < 1.29 is 31.9 Å². The molecule has 0 amide bonds. The number of oxazole rings is 1. The van der Waals surface area contributed by atoms with E-state index in [2.05, 4.69) is 4.98 Å². The molecule has 2 aromatic heterocycles. The summed E-state index contributed by atoms with van der Waals surface area (Å²) in [7, 11) is 0. The molecule has 1 N–H and O–H groups in total. The van der Waals surface area contributed by atoms with Gasteiger partial charge < -0.3 is 13.9 Å². The van der Waals surface area contributed by atoms with Crippen molar-refractivity contribution in [2.24, 2.45) is 0 Å². The fourth-order valence-corrected chi connectivity index (χ4v) is 3.41. The maximum atomic E-state index is 12.9. The van der Waals surface area contributed by atoms with Gasteiger partial charge in [-0.3, -0.25) is 0 Å². The summed E-state index contributed by atoms with van der Waals surface area (Å²) in [6.45, 7) is 0. The number of thioether (sulfide) groups is 1. The zero-order valence-corrected chi connectivity index (χ0v) is 15.8. The number of para-hydroxylation sites is 2. The van der Waals surface area contributed by atoms with Gasteiger partial charge in [-0.2, -0.15) is 13.2 Å². The monoisotopic (exact) mass is 431 g/mol. The Morgan fingerprint density at radius 1 is 1.03 bits per heavy atom. The lowest BCUT2D eigenvalue weighted by Gasteiger charge is -2.07. The molecule has 0 saturated heterocycles. The lowest BCUT2D eigenvalue weighted by molar-refractivity contribution is -0.137. The van der Waals surface area contributed by atoms with Crippen molar-refractivity contribution in [2.45, 2.75) is 11.4 Å². The molecule has 0 radical (unpaired) electrons. The normalized spacial score (nSPS) is 12.4. The highest BCUT2D eigenvalue weighted by Crippen LogP contribution is 2.34. The number of alkyl halides is 3. The molecule has 0 aliphatic carbocycles. The van der Waals surface area contributed by atoms with E-state index in [4.69, 9.17) is 8.83 Å². The number of aromatic nitrogens is 1. The molecule has 0 atom stereocenters. The SMILES string of the molecule is O=C(O)/C(=C/c1ccc(-c2cccc(C(F)(F)F)c2)o1)Sc1nc2ccccc2o1. The highest BCUT2D eigenvalue weighted by atomic mass is 32.2. The van der Waals surface area contributed by atoms with Gasteiger partial charge in [0.15, 0.2) is 5.58 Å². The molecular weight excluding hydrogens is 419 g/mol. The number of hydrogen-bond acceptors (Lipinski definition) is 5. The van der Waals surface area contributed by atoms with Crippen LogP contribution in [0.15, 0.2) is 79.6 Å². The molecule has 152 valence electrons. The van der Waals surface area contributed by atoms with Crippen LogP contribution in [0, 0.1) is 0 Å². The smallest absolute Gasteiger partial charge is 0.416 e. The summed E-state index contributed by atoms with van der Waals surface area (Å²) in [5.74, 6) is -0.869.